The quantitative estimate of drug-likeness (QED) is 0.0295. The Morgan fingerprint density at radius 1 is 0.433 bits per heavy atom. The minimum absolute atomic E-state index is 0.171. The Labute approximate surface area is 540 Å². The van der Waals surface area contributed by atoms with Gasteiger partial charge in [-0.05, 0) is 43.2 Å². The second kappa shape index (κ2) is 45.0. The highest BCUT2D eigenvalue weighted by atomic mass is 16.7. The van der Waals surface area contributed by atoms with E-state index in [1.807, 2.05) is 0 Å². The van der Waals surface area contributed by atoms with Crippen molar-refractivity contribution in [1.29, 1.82) is 0 Å². The van der Waals surface area contributed by atoms with Crippen molar-refractivity contribution >= 4 is 0 Å². The van der Waals surface area contributed by atoms with Crippen molar-refractivity contribution in [2.24, 2.45) is 0 Å². The predicted molar refractivity (Wildman–Crippen MR) is 346 cm³/mol. The molecule has 20 nitrogen and oxygen atoms in total. The maximum atomic E-state index is 11.7. The van der Waals surface area contributed by atoms with Gasteiger partial charge in [-0.2, -0.15) is 0 Å². The normalized spacial score (nSPS) is 27.0. The van der Waals surface area contributed by atoms with Gasteiger partial charge in [0.05, 0.1) is 100 Å². The number of hydrogen-bond acceptors (Lipinski definition) is 20. The smallest absolute Gasteiger partial charge is 0.186 e. The number of rotatable bonds is 54. The second-order valence-corrected chi connectivity index (χ2v) is 27.4. The first-order valence-corrected chi connectivity index (χ1v) is 36.0. The molecule has 1 aromatic carbocycles. The van der Waals surface area contributed by atoms with Gasteiger partial charge in [-0.25, -0.2) is 0 Å². The van der Waals surface area contributed by atoms with Gasteiger partial charge in [0, 0.05) is 0 Å². The lowest BCUT2D eigenvalue weighted by molar-refractivity contribution is -0.303. The van der Waals surface area contributed by atoms with E-state index < -0.39 is 122 Å². The van der Waals surface area contributed by atoms with Crippen molar-refractivity contribution in [2.45, 2.75) is 354 Å². The molecule has 0 spiro atoms. The number of aryl methyl sites for hydroxylation is 1. The standard InChI is InChI=1S/C70H128N2O18/c1-3-5-7-9-11-13-15-17-19-24-28-32-36-55(75)59(77)53(45-87-67-65(83)63(81)61(79)57(43-73)89-67)71-69(47-85-48-69)42-34-30-26-22-21-23-27-31-35-51-38-40-52(41-39-51)70(49-86-50-70)72-54(46-88-68-66(84)64(82)62(80)58(44-74)90-68)60(78)56(76)37-33-29-25-20-18-16-14-12-10-8-6-4-2/h38-41,53-68,71-84H,3-37,42-50H2,1-2H3/t53-,54-,55+,56+,57?,58?,59-,60-,61?,62?,63?,64?,65?,66?,67?,68?/m0/s1. The molecule has 4 saturated heterocycles. The topological polar surface area (TPSA) is 322 Å². The fraction of sp³-hybridized carbons (Fsp3) is 0.914. The van der Waals surface area contributed by atoms with Gasteiger partial charge in [-0.15, -0.1) is 0 Å². The van der Waals surface area contributed by atoms with Crippen LogP contribution in [0.4, 0.5) is 0 Å². The van der Waals surface area contributed by atoms with Crippen LogP contribution in [0.1, 0.15) is 250 Å². The molecule has 4 aliphatic heterocycles. The molecule has 4 fully saturated rings. The Bertz CT molecular complexity index is 1920. The van der Waals surface area contributed by atoms with Crippen molar-refractivity contribution in [2.75, 3.05) is 52.9 Å². The molecule has 526 valence electrons. The van der Waals surface area contributed by atoms with Crippen LogP contribution in [-0.2, 0) is 40.4 Å². The fourth-order valence-corrected chi connectivity index (χ4v) is 13.4. The molecule has 14 N–H and O–H groups in total. The molecular weight excluding hydrogens is 1160 g/mol. The van der Waals surface area contributed by atoms with Gasteiger partial charge in [0.1, 0.15) is 48.8 Å². The van der Waals surface area contributed by atoms with Crippen molar-refractivity contribution in [3.63, 3.8) is 0 Å². The van der Waals surface area contributed by atoms with E-state index in [2.05, 4.69) is 48.7 Å². The minimum atomic E-state index is -1.62. The first-order valence-electron chi connectivity index (χ1n) is 36.0. The molecule has 0 aromatic heterocycles. The van der Waals surface area contributed by atoms with Crippen LogP contribution in [0.2, 0.25) is 0 Å². The number of aliphatic hydroxyl groups excluding tert-OH is 12. The maximum Gasteiger partial charge on any atom is 0.186 e. The van der Waals surface area contributed by atoms with Crippen LogP contribution >= 0.6 is 0 Å². The summed E-state index contributed by atoms with van der Waals surface area (Å²) in [7, 11) is 0. The average Bonchev–Trinajstić information content (AvgIpc) is 1.22. The molecule has 16 atom stereocenters. The van der Waals surface area contributed by atoms with Crippen molar-refractivity contribution in [3.8, 4) is 0 Å². The van der Waals surface area contributed by atoms with Gasteiger partial charge in [0.2, 0.25) is 0 Å². The van der Waals surface area contributed by atoms with E-state index >= 15 is 0 Å². The summed E-state index contributed by atoms with van der Waals surface area (Å²) in [6.07, 6.45) is 20.5. The number of ether oxygens (including phenoxy) is 6. The molecule has 0 bridgehead atoms. The summed E-state index contributed by atoms with van der Waals surface area (Å²) in [6.45, 7) is 4.39. The van der Waals surface area contributed by atoms with Gasteiger partial charge in [0.25, 0.3) is 0 Å². The van der Waals surface area contributed by atoms with Crippen LogP contribution in [0.15, 0.2) is 24.3 Å². The summed E-state index contributed by atoms with van der Waals surface area (Å²) in [6, 6.07) is 6.80. The highest BCUT2D eigenvalue weighted by Crippen LogP contribution is 2.34. The van der Waals surface area contributed by atoms with Crippen LogP contribution in [0.3, 0.4) is 0 Å². The molecule has 4 aliphatic rings. The summed E-state index contributed by atoms with van der Waals surface area (Å²) in [4.78, 5) is 0. The van der Waals surface area contributed by atoms with E-state index in [-0.39, 0.29) is 13.2 Å². The number of nitrogens with one attached hydrogen (secondary N) is 2. The largest absolute Gasteiger partial charge is 0.394 e. The first-order chi connectivity index (χ1) is 43.6. The molecule has 5 rings (SSSR count). The van der Waals surface area contributed by atoms with Crippen molar-refractivity contribution in [1.82, 2.24) is 10.6 Å². The SMILES string of the molecule is CCCCCCCCCCCCCC[C@@H](O)[C@@H](O)[C@H](COC1OC(CO)C(O)C(O)C1O)NC1(CCCCCCCCCCc2ccc(C3(N[C@@H](COC4OC(CO)C(O)C(O)C4O)[C@H](O)[C@H](O)CCCCCCCCCCCCCC)COC3)cc2)COC1. The van der Waals surface area contributed by atoms with Gasteiger partial charge < -0.3 is 89.7 Å². The third-order valence-corrected chi connectivity index (χ3v) is 19.7. The highest BCUT2D eigenvalue weighted by Gasteiger charge is 2.49. The number of hydrogen-bond donors (Lipinski definition) is 14. The third kappa shape index (κ3) is 27.1. The number of benzene rings is 1. The number of unbranched alkanes of at least 4 members (excludes halogenated alkanes) is 29. The van der Waals surface area contributed by atoms with E-state index in [4.69, 9.17) is 28.4 Å². The molecule has 0 aliphatic carbocycles. The van der Waals surface area contributed by atoms with Crippen LogP contribution in [-0.4, -0.2) is 218 Å². The van der Waals surface area contributed by atoms with Gasteiger partial charge in [-0.1, -0.05) is 237 Å². The summed E-state index contributed by atoms with van der Waals surface area (Å²) >= 11 is 0. The lowest BCUT2D eigenvalue weighted by atomic mass is 9.85. The van der Waals surface area contributed by atoms with Crippen LogP contribution in [0.25, 0.3) is 0 Å². The molecule has 20 heteroatoms. The molecule has 0 amide bonds. The van der Waals surface area contributed by atoms with E-state index in [0.29, 0.717) is 39.3 Å². The molecule has 90 heavy (non-hydrogen) atoms. The molecule has 10 unspecified atom stereocenters. The van der Waals surface area contributed by atoms with E-state index in [0.717, 1.165) is 121 Å². The summed E-state index contributed by atoms with van der Waals surface area (Å²) in [5, 5.41) is 136. The van der Waals surface area contributed by atoms with Crippen molar-refractivity contribution < 1.29 is 89.7 Å². The Hall–Kier alpha value is -1.58. The lowest BCUT2D eigenvalue weighted by Gasteiger charge is -2.47. The minimum Gasteiger partial charge on any atom is -0.394 e. The number of aliphatic hydroxyl groups is 12. The molecular formula is C70H128N2O18. The summed E-state index contributed by atoms with van der Waals surface area (Å²) in [5.41, 5.74) is 1.02. The van der Waals surface area contributed by atoms with Gasteiger partial charge in [0.15, 0.2) is 12.6 Å². The van der Waals surface area contributed by atoms with E-state index in [9.17, 15) is 61.3 Å². The maximum absolute atomic E-state index is 11.7. The molecule has 0 radical (unpaired) electrons. The van der Waals surface area contributed by atoms with Gasteiger partial charge >= 0.3 is 0 Å². The van der Waals surface area contributed by atoms with E-state index in [1.165, 1.54) is 108 Å². The van der Waals surface area contributed by atoms with Crippen LogP contribution in [0, 0.1) is 0 Å². The van der Waals surface area contributed by atoms with Crippen LogP contribution in [0.5, 0.6) is 0 Å². The Balaban J connectivity index is 1.03. The Morgan fingerprint density at radius 2 is 0.789 bits per heavy atom. The zero-order chi connectivity index (χ0) is 65.0. The van der Waals surface area contributed by atoms with E-state index in [1.54, 1.807) is 0 Å². The zero-order valence-electron chi connectivity index (χ0n) is 55.5. The van der Waals surface area contributed by atoms with Crippen LogP contribution < -0.4 is 10.6 Å². The fourth-order valence-electron chi connectivity index (χ4n) is 13.4. The Kier molecular flexibility index (Phi) is 39.6. The molecule has 1 aromatic rings. The zero-order valence-corrected chi connectivity index (χ0v) is 55.5. The summed E-state index contributed by atoms with van der Waals surface area (Å²) < 4.78 is 34.7. The molecule has 0 saturated carbocycles. The highest BCUT2D eigenvalue weighted by molar-refractivity contribution is 5.31. The predicted octanol–water partition coefficient (Wildman–Crippen LogP) is 6.91. The average molecular weight is 1290 g/mol. The lowest BCUT2D eigenvalue weighted by Crippen LogP contribution is -2.67. The van der Waals surface area contributed by atoms with Gasteiger partial charge in [-0.3, -0.25) is 10.6 Å². The summed E-state index contributed by atoms with van der Waals surface area (Å²) in [5.74, 6) is 0. The molecule has 4 heterocycles. The Morgan fingerprint density at radius 3 is 1.14 bits per heavy atom. The van der Waals surface area contributed by atoms with Crippen molar-refractivity contribution in [3.05, 3.63) is 35.4 Å². The monoisotopic (exact) mass is 1280 g/mol. The first kappa shape index (κ1) is 79.1. The third-order valence-electron chi connectivity index (χ3n) is 19.7. The second-order valence-electron chi connectivity index (χ2n) is 27.4.